The standard InChI is InChI=1S/C13H23N3O4S/c1-9(2)11-8-12(20-15-11)13(17)14-10-4-6-16(7-5-10)21(3,18)19/h9-10,12H,4-8H2,1-3H3,(H,14,17). The summed E-state index contributed by atoms with van der Waals surface area (Å²) >= 11 is 0. The van der Waals surface area contributed by atoms with Gasteiger partial charge in [0.2, 0.25) is 16.1 Å². The number of nitrogens with one attached hydrogen (secondary N) is 1. The summed E-state index contributed by atoms with van der Waals surface area (Å²) in [6.07, 6.45) is 2.46. The lowest BCUT2D eigenvalue weighted by Crippen LogP contribution is -2.48. The van der Waals surface area contributed by atoms with Crippen LogP contribution in [0.4, 0.5) is 0 Å². The molecule has 2 aliphatic rings. The predicted octanol–water partition coefficient (Wildman–Crippen LogP) is 0.328. The molecule has 1 saturated heterocycles. The minimum atomic E-state index is -3.13. The number of nitrogens with zero attached hydrogens (tertiary/aromatic N) is 2. The van der Waals surface area contributed by atoms with E-state index in [0.717, 1.165) is 5.71 Å². The Morgan fingerprint density at radius 1 is 1.38 bits per heavy atom. The molecule has 7 nitrogen and oxygen atoms in total. The second kappa shape index (κ2) is 6.31. The second-order valence-electron chi connectivity index (χ2n) is 5.98. The van der Waals surface area contributed by atoms with Gasteiger partial charge in [-0.1, -0.05) is 19.0 Å². The van der Waals surface area contributed by atoms with E-state index in [1.165, 1.54) is 10.6 Å². The number of sulfonamides is 1. The smallest absolute Gasteiger partial charge is 0.264 e. The molecule has 2 rings (SSSR count). The van der Waals surface area contributed by atoms with E-state index in [4.69, 9.17) is 4.84 Å². The Labute approximate surface area is 125 Å². The molecule has 2 heterocycles. The van der Waals surface area contributed by atoms with Crippen LogP contribution < -0.4 is 5.32 Å². The Bertz CT molecular complexity index is 522. The summed E-state index contributed by atoms with van der Waals surface area (Å²) in [5, 5.41) is 6.88. The summed E-state index contributed by atoms with van der Waals surface area (Å²) in [4.78, 5) is 17.3. The second-order valence-corrected chi connectivity index (χ2v) is 7.96. The molecule has 1 unspecified atom stereocenters. The highest BCUT2D eigenvalue weighted by Crippen LogP contribution is 2.18. The topological polar surface area (TPSA) is 88.1 Å². The van der Waals surface area contributed by atoms with Crippen molar-refractivity contribution in [2.24, 2.45) is 11.1 Å². The molecular weight excluding hydrogens is 294 g/mol. The van der Waals surface area contributed by atoms with E-state index >= 15 is 0 Å². The van der Waals surface area contributed by atoms with Gasteiger partial charge in [-0.25, -0.2) is 12.7 Å². The molecule has 0 aromatic carbocycles. The minimum absolute atomic E-state index is 0.00204. The third-order valence-electron chi connectivity index (χ3n) is 3.92. The van der Waals surface area contributed by atoms with Crippen molar-refractivity contribution in [1.29, 1.82) is 0 Å². The van der Waals surface area contributed by atoms with E-state index in [1.54, 1.807) is 0 Å². The SMILES string of the molecule is CC(C)C1=NOC(C(=O)NC2CCN(S(C)(=O)=O)CC2)C1. The highest BCUT2D eigenvalue weighted by Gasteiger charge is 2.32. The van der Waals surface area contributed by atoms with E-state index in [-0.39, 0.29) is 17.9 Å². The lowest BCUT2D eigenvalue weighted by Gasteiger charge is -2.30. The van der Waals surface area contributed by atoms with Gasteiger partial charge in [0.15, 0.2) is 0 Å². The van der Waals surface area contributed by atoms with E-state index in [2.05, 4.69) is 10.5 Å². The molecule has 0 bridgehead atoms. The molecule has 0 radical (unpaired) electrons. The zero-order valence-electron chi connectivity index (χ0n) is 12.7. The van der Waals surface area contributed by atoms with Crippen molar-refractivity contribution in [2.45, 2.75) is 45.3 Å². The molecule has 1 N–H and O–H groups in total. The Morgan fingerprint density at radius 2 is 2.00 bits per heavy atom. The van der Waals surface area contributed by atoms with Gasteiger partial charge in [-0.2, -0.15) is 0 Å². The van der Waals surface area contributed by atoms with Gasteiger partial charge in [-0.3, -0.25) is 4.79 Å². The van der Waals surface area contributed by atoms with Crippen molar-refractivity contribution in [3.8, 4) is 0 Å². The number of hydrogen-bond donors (Lipinski definition) is 1. The van der Waals surface area contributed by atoms with Crippen LogP contribution in [0.2, 0.25) is 0 Å². The fraction of sp³-hybridized carbons (Fsp3) is 0.846. The van der Waals surface area contributed by atoms with Crippen molar-refractivity contribution < 1.29 is 18.0 Å². The first-order valence-electron chi connectivity index (χ1n) is 7.25. The Hall–Kier alpha value is -1.15. The highest BCUT2D eigenvalue weighted by atomic mass is 32.2. The summed E-state index contributed by atoms with van der Waals surface area (Å²) in [6.45, 7) is 4.93. The van der Waals surface area contributed by atoms with Crippen molar-refractivity contribution in [1.82, 2.24) is 9.62 Å². The minimum Gasteiger partial charge on any atom is -0.382 e. The van der Waals surface area contributed by atoms with Crippen LogP contribution in [0.5, 0.6) is 0 Å². The van der Waals surface area contributed by atoms with Crippen LogP contribution in [-0.2, 0) is 19.7 Å². The third-order valence-corrected chi connectivity index (χ3v) is 5.22. The molecule has 0 aliphatic carbocycles. The van der Waals surface area contributed by atoms with Gasteiger partial charge >= 0.3 is 0 Å². The van der Waals surface area contributed by atoms with Gasteiger partial charge < -0.3 is 10.2 Å². The number of oxime groups is 1. The zero-order chi connectivity index (χ0) is 15.6. The Balaban J connectivity index is 1.78. The van der Waals surface area contributed by atoms with E-state index in [1.807, 2.05) is 13.8 Å². The molecular formula is C13H23N3O4S. The fourth-order valence-corrected chi connectivity index (χ4v) is 3.38. The number of amides is 1. The average Bonchev–Trinajstić information content (AvgIpc) is 2.88. The normalized spacial score (nSPS) is 24.8. The lowest BCUT2D eigenvalue weighted by molar-refractivity contribution is -0.132. The molecule has 8 heteroatoms. The quantitative estimate of drug-likeness (QED) is 0.809. The Kier molecular flexibility index (Phi) is 4.88. The zero-order valence-corrected chi connectivity index (χ0v) is 13.5. The van der Waals surface area contributed by atoms with E-state index in [0.29, 0.717) is 32.4 Å². The predicted molar refractivity (Wildman–Crippen MR) is 79.3 cm³/mol. The molecule has 0 spiro atoms. The van der Waals surface area contributed by atoms with Crippen molar-refractivity contribution in [3.05, 3.63) is 0 Å². The molecule has 1 amide bonds. The molecule has 21 heavy (non-hydrogen) atoms. The number of hydrogen-bond acceptors (Lipinski definition) is 5. The Morgan fingerprint density at radius 3 is 2.48 bits per heavy atom. The summed E-state index contributed by atoms with van der Waals surface area (Å²) in [6, 6.07) is 0.00204. The van der Waals surface area contributed by atoms with Crippen LogP contribution in [0.3, 0.4) is 0 Å². The molecule has 0 saturated carbocycles. The van der Waals surface area contributed by atoms with Crippen LogP contribution in [-0.4, -0.2) is 55.8 Å². The average molecular weight is 317 g/mol. The maximum atomic E-state index is 12.1. The van der Waals surface area contributed by atoms with Gasteiger partial charge in [-0.15, -0.1) is 0 Å². The van der Waals surface area contributed by atoms with Gasteiger partial charge in [0.1, 0.15) is 0 Å². The van der Waals surface area contributed by atoms with Gasteiger partial charge in [0.05, 0.1) is 12.0 Å². The van der Waals surface area contributed by atoms with Gasteiger partial charge in [0, 0.05) is 25.6 Å². The van der Waals surface area contributed by atoms with Crippen LogP contribution in [0.15, 0.2) is 5.16 Å². The van der Waals surface area contributed by atoms with Crippen LogP contribution in [0.1, 0.15) is 33.1 Å². The fourth-order valence-electron chi connectivity index (χ4n) is 2.50. The maximum Gasteiger partial charge on any atom is 0.264 e. The first-order chi connectivity index (χ1) is 9.77. The van der Waals surface area contributed by atoms with Crippen LogP contribution in [0, 0.1) is 5.92 Å². The number of carbonyl (C=O) groups excluding carboxylic acids is 1. The van der Waals surface area contributed by atoms with Gasteiger partial charge in [0.25, 0.3) is 5.91 Å². The van der Waals surface area contributed by atoms with Gasteiger partial charge in [-0.05, 0) is 18.8 Å². The highest BCUT2D eigenvalue weighted by molar-refractivity contribution is 7.88. The largest absolute Gasteiger partial charge is 0.382 e. The van der Waals surface area contributed by atoms with Crippen molar-refractivity contribution in [2.75, 3.05) is 19.3 Å². The molecule has 120 valence electrons. The summed E-state index contributed by atoms with van der Waals surface area (Å²) < 4.78 is 24.3. The number of piperidine rings is 1. The molecule has 2 aliphatic heterocycles. The molecule has 0 aromatic rings. The van der Waals surface area contributed by atoms with Crippen molar-refractivity contribution in [3.63, 3.8) is 0 Å². The maximum absolute atomic E-state index is 12.1. The van der Waals surface area contributed by atoms with Crippen molar-refractivity contribution >= 4 is 21.6 Å². The summed E-state index contributed by atoms with van der Waals surface area (Å²) in [5.74, 6) is 0.119. The number of rotatable bonds is 4. The third kappa shape index (κ3) is 4.16. The van der Waals surface area contributed by atoms with Crippen LogP contribution in [0.25, 0.3) is 0 Å². The molecule has 1 atom stereocenters. The van der Waals surface area contributed by atoms with E-state index < -0.39 is 16.1 Å². The monoisotopic (exact) mass is 317 g/mol. The van der Waals surface area contributed by atoms with E-state index in [9.17, 15) is 13.2 Å². The first-order valence-corrected chi connectivity index (χ1v) is 9.10. The lowest BCUT2D eigenvalue weighted by atomic mass is 10.0. The molecule has 0 aromatic heterocycles. The first kappa shape index (κ1) is 16.2. The number of carbonyl (C=O) groups is 1. The summed E-state index contributed by atoms with van der Waals surface area (Å²) in [5.41, 5.74) is 0.905. The van der Waals surface area contributed by atoms with Crippen LogP contribution >= 0.6 is 0 Å². The molecule has 1 fully saturated rings. The summed E-state index contributed by atoms with van der Waals surface area (Å²) in [7, 11) is -3.13.